The van der Waals surface area contributed by atoms with E-state index in [1.165, 1.54) is 16.3 Å². The highest BCUT2D eigenvalue weighted by atomic mass is 32.2. The van der Waals surface area contributed by atoms with Crippen LogP contribution in [0.4, 0.5) is 0 Å². The van der Waals surface area contributed by atoms with Crippen molar-refractivity contribution in [3.63, 3.8) is 0 Å². The molecule has 212 valence electrons. The molecule has 0 fully saturated rings. The van der Waals surface area contributed by atoms with E-state index in [1.54, 1.807) is 25.3 Å². The van der Waals surface area contributed by atoms with Crippen LogP contribution in [-0.2, 0) is 22.3 Å². The Morgan fingerprint density at radius 3 is 2.21 bits per heavy atom. The van der Waals surface area contributed by atoms with E-state index in [4.69, 9.17) is 9.13 Å². The number of sulfonamides is 1. The van der Waals surface area contributed by atoms with Gasteiger partial charge >= 0.3 is 0 Å². The van der Waals surface area contributed by atoms with Crippen LogP contribution in [0.5, 0.6) is 5.75 Å². The zero-order valence-corrected chi connectivity index (χ0v) is 25.2. The molecule has 5 nitrogen and oxygen atoms in total. The summed E-state index contributed by atoms with van der Waals surface area (Å²) in [4.78, 5) is 0.219. The standard InChI is InChI=1S/C35H32N2O3S2/c1-27-12-21-34(22-13-27)42(38,39)37(25-29-8-4-3-5-9-29)35(36-41-26-30-15-19-33(40-2)20-16-30)23-17-28-14-18-31-10-6-7-11-32(31)24-28/h3-24H,25-26H2,1-2H3/b23-17+,36-35-. The molecule has 5 aromatic carbocycles. The number of rotatable bonds is 10. The maximum atomic E-state index is 14.2. The van der Waals surface area contributed by atoms with Gasteiger partial charge in [0.2, 0.25) is 0 Å². The molecule has 5 rings (SSSR count). The third-order valence-electron chi connectivity index (χ3n) is 6.78. The molecule has 0 radical (unpaired) electrons. The lowest BCUT2D eigenvalue weighted by Gasteiger charge is -2.24. The number of methoxy groups -OCH3 is 1. The third-order valence-corrected chi connectivity index (χ3v) is 9.32. The minimum absolute atomic E-state index is 0.140. The van der Waals surface area contributed by atoms with Crippen LogP contribution in [-0.4, -0.2) is 25.7 Å². The SMILES string of the molecule is COc1ccc(CS/N=C(/C=C/c2ccc3ccccc3c2)N(Cc2ccccc2)S(=O)(=O)c2ccc(C)cc2)cc1. The zero-order chi connectivity index (χ0) is 29.4. The van der Waals surface area contributed by atoms with E-state index in [-0.39, 0.29) is 11.4 Å². The Labute approximate surface area is 252 Å². The lowest BCUT2D eigenvalue weighted by atomic mass is 10.1. The molecule has 5 aromatic rings. The summed E-state index contributed by atoms with van der Waals surface area (Å²) in [5, 5.41) is 2.26. The predicted octanol–water partition coefficient (Wildman–Crippen LogP) is 8.31. The average molecular weight is 593 g/mol. The van der Waals surface area contributed by atoms with E-state index in [2.05, 4.69) is 24.3 Å². The summed E-state index contributed by atoms with van der Waals surface area (Å²) in [6, 6.07) is 38.6. The number of aryl methyl sites for hydroxylation is 1. The van der Waals surface area contributed by atoms with Gasteiger partial charge in [-0.1, -0.05) is 103 Å². The van der Waals surface area contributed by atoms with Crippen molar-refractivity contribution in [3.8, 4) is 5.75 Å². The monoisotopic (exact) mass is 592 g/mol. The minimum Gasteiger partial charge on any atom is -0.497 e. The summed E-state index contributed by atoms with van der Waals surface area (Å²) in [5.74, 6) is 1.69. The summed E-state index contributed by atoms with van der Waals surface area (Å²) < 4.78 is 39.8. The second-order valence-corrected chi connectivity index (χ2v) is 12.4. The fourth-order valence-electron chi connectivity index (χ4n) is 4.41. The zero-order valence-electron chi connectivity index (χ0n) is 23.6. The molecule has 0 atom stereocenters. The van der Waals surface area contributed by atoms with Gasteiger partial charge < -0.3 is 4.74 Å². The van der Waals surface area contributed by atoms with Crippen molar-refractivity contribution < 1.29 is 13.2 Å². The van der Waals surface area contributed by atoms with Crippen LogP contribution < -0.4 is 4.74 Å². The number of hydrogen-bond acceptors (Lipinski definition) is 5. The van der Waals surface area contributed by atoms with Gasteiger partial charge in [-0.25, -0.2) is 12.7 Å². The van der Waals surface area contributed by atoms with Gasteiger partial charge in [-0.2, -0.15) is 4.40 Å². The Hall–Kier alpha value is -4.33. The lowest BCUT2D eigenvalue weighted by molar-refractivity contribution is 0.414. The van der Waals surface area contributed by atoms with Gasteiger partial charge in [-0.3, -0.25) is 0 Å². The van der Waals surface area contributed by atoms with Crippen LogP contribution in [0.2, 0.25) is 0 Å². The molecular formula is C35H32N2O3S2. The molecule has 0 aromatic heterocycles. The van der Waals surface area contributed by atoms with Crippen molar-refractivity contribution in [1.29, 1.82) is 0 Å². The predicted molar refractivity (Wildman–Crippen MR) is 175 cm³/mol. The van der Waals surface area contributed by atoms with Gasteiger partial charge in [-0.15, -0.1) is 0 Å². The fraction of sp³-hybridized carbons (Fsp3) is 0.114. The van der Waals surface area contributed by atoms with Gasteiger partial charge in [0.1, 0.15) is 5.75 Å². The Morgan fingerprint density at radius 1 is 0.810 bits per heavy atom. The van der Waals surface area contributed by atoms with E-state index in [9.17, 15) is 8.42 Å². The first-order valence-electron chi connectivity index (χ1n) is 13.6. The van der Waals surface area contributed by atoms with Crippen LogP contribution in [0.3, 0.4) is 0 Å². The normalized spacial score (nSPS) is 12.1. The van der Waals surface area contributed by atoms with Gasteiger partial charge in [0, 0.05) is 5.75 Å². The van der Waals surface area contributed by atoms with Crippen molar-refractivity contribution in [3.05, 3.63) is 150 Å². The quantitative estimate of drug-likeness (QED) is 0.0930. The first-order valence-corrected chi connectivity index (χ1v) is 15.9. The van der Waals surface area contributed by atoms with Crippen LogP contribution in [0.1, 0.15) is 22.3 Å². The second kappa shape index (κ2) is 13.6. The molecule has 0 aliphatic heterocycles. The molecule has 0 spiro atoms. The number of amidine groups is 1. The summed E-state index contributed by atoms with van der Waals surface area (Å²) in [7, 11) is -2.30. The first kappa shape index (κ1) is 29.2. The van der Waals surface area contributed by atoms with Crippen molar-refractivity contribution in [2.45, 2.75) is 24.1 Å². The molecule has 0 N–H and O–H groups in total. The van der Waals surface area contributed by atoms with Crippen LogP contribution in [0, 0.1) is 6.92 Å². The largest absolute Gasteiger partial charge is 0.497 e. The van der Waals surface area contributed by atoms with Crippen molar-refractivity contribution in [2.75, 3.05) is 7.11 Å². The fourth-order valence-corrected chi connectivity index (χ4v) is 6.56. The number of benzene rings is 5. The van der Waals surface area contributed by atoms with E-state index in [1.807, 2.05) is 97.9 Å². The molecule has 0 heterocycles. The topological polar surface area (TPSA) is 59.0 Å². The molecule has 0 aliphatic rings. The van der Waals surface area contributed by atoms with Crippen LogP contribution >= 0.6 is 11.9 Å². The molecule has 7 heteroatoms. The van der Waals surface area contributed by atoms with Crippen molar-refractivity contribution in [1.82, 2.24) is 4.31 Å². The maximum Gasteiger partial charge on any atom is 0.265 e. The molecule has 0 amide bonds. The van der Waals surface area contributed by atoms with E-state index in [0.717, 1.165) is 38.8 Å². The number of nitrogens with zero attached hydrogens (tertiary/aromatic N) is 2. The Kier molecular flexibility index (Phi) is 9.41. The Balaban J connectivity index is 1.54. The Bertz CT molecular complexity index is 1800. The number of fused-ring (bicyclic) bond motifs is 1. The minimum atomic E-state index is -3.94. The van der Waals surface area contributed by atoms with Crippen LogP contribution in [0.15, 0.2) is 137 Å². The highest BCUT2D eigenvalue weighted by Gasteiger charge is 2.27. The van der Waals surface area contributed by atoms with Crippen molar-refractivity contribution in [2.24, 2.45) is 4.40 Å². The molecule has 0 bridgehead atoms. The van der Waals surface area contributed by atoms with Gasteiger partial charge in [-0.05, 0) is 82.7 Å². The Morgan fingerprint density at radius 2 is 1.50 bits per heavy atom. The lowest BCUT2D eigenvalue weighted by Crippen LogP contribution is -2.35. The van der Waals surface area contributed by atoms with Crippen LogP contribution in [0.25, 0.3) is 16.8 Å². The molecule has 0 saturated carbocycles. The summed E-state index contributed by atoms with van der Waals surface area (Å²) in [6.07, 6.45) is 3.71. The third kappa shape index (κ3) is 7.29. The molecular weight excluding hydrogens is 561 g/mol. The maximum absolute atomic E-state index is 14.2. The summed E-state index contributed by atoms with van der Waals surface area (Å²) in [5.41, 5.74) is 3.86. The second-order valence-electron chi connectivity index (χ2n) is 9.82. The molecule has 0 saturated heterocycles. The van der Waals surface area contributed by atoms with Crippen molar-refractivity contribution >= 4 is 44.7 Å². The van der Waals surface area contributed by atoms with E-state index in [0.29, 0.717) is 11.6 Å². The average Bonchev–Trinajstić information content (AvgIpc) is 3.02. The summed E-state index contributed by atoms with van der Waals surface area (Å²) >= 11 is 1.31. The molecule has 0 aliphatic carbocycles. The van der Waals surface area contributed by atoms with Gasteiger partial charge in [0.25, 0.3) is 10.0 Å². The highest BCUT2D eigenvalue weighted by molar-refractivity contribution is 7.97. The molecule has 42 heavy (non-hydrogen) atoms. The van der Waals surface area contributed by atoms with Gasteiger partial charge in [0.05, 0.1) is 18.6 Å². The van der Waals surface area contributed by atoms with E-state index < -0.39 is 10.0 Å². The summed E-state index contributed by atoms with van der Waals surface area (Å²) in [6.45, 7) is 2.08. The highest BCUT2D eigenvalue weighted by Crippen LogP contribution is 2.24. The smallest absolute Gasteiger partial charge is 0.265 e. The van der Waals surface area contributed by atoms with Gasteiger partial charge in [0.15, 0.2) is 5.84 Å². The number of hydrogen-bond donors (Lipinski definition) is 0. The van der Waals surface area contributed by atoms with E-state index >= 15 is 0 Å². The number of ether oxygens (including phenoxy) is 1. The first-order chi connectivity index (χ1) is 20.4. The molecule has 0 unspecified atom stereocenters.